The fraction of sp³-hybridized carbons (Fsp3) is 0.500. The first-order chi connectivity index (χ1) is 12.7. The Morgan fingerprint density at radius 3 is 1.00 bits per heavy atom. The van der Waals surface area contributed by atoms with Gasteiger partial charge in [-0.1, -0.05) is 0 Å². The van der Waals surface area contributed by atoms with Crippen molar-refractivity contribution < 1.29 is 1.41 Å². The average Bonchev–Trinajstić information content (AvgIpc) is 2.61. The summed E-state index contributed by atoms with van der Waals surface area (Å²) in [6.07, 6.45) is 0. The molecule has 0 heterocycles. The molecule has 0 saturated heterocycles. The van der Waals surface area contributed by atoms with Crippen LogP contribution in [-0.2, 0) is 1.41 Å². The third-order valence-electron chi connectivity index (χ3n) is 5.05. The van der Waals surface area contributed by atoms with Crippen LogP contribution in [0.2, 0.25) is 0 Å². The molecule has 2 aromatic rings. The van der Waals surface area contributed by atoms with Gasteiger partial charge in [-0.3, -0.25) is 0 Å². The molecule has 4 radical (unpaired) electrons. The Morgan fingerprint density at radius 1 is 0.519 bits per heavy atom. The second-order valence-corrected chi connectivity index (χ2v) is 17.1. The van der Waals surface area contributed by atoms with Gasteiger partial charge < -0.3 is 0 Å². The zero-order valence-electron chi connectivity index (χ0n) is 18.2. The minimum atomic E-state index is -1.03. The van der Waals surface area contributed by atoms with Crippen LogP contribution < -0.4 is 7.16 Å². The van der Waals surface area contributed by atoms with Crippen molar-refractivity contribution in [2.24, 2.45) is 0 Å². The summed E-state index contributed by atoms with van der Waals surface area (Å²) in [5, 5.41) is 0. The Morgan fingerprint density at radius 2 is 0.778 bits per heavy atom. The molecule has 2 aromatic carbocycles. The van der Waals surface area contributed by atoms with Crippen LogP contribution in [0, 0.1) is 0 Å². The van der Waals surface area contributed by atoms with Gasteiger partial charge in [0, 0.05) is 0 Å². The first-order valence-electron chi connectivity index (χ1n) is 10.2. The van der Waals surface area contributed by atoms with Crippen LogP contribution in [-0.4, -0.2) is 43.1 Å². The van der Waals surface area contributed by atoms with Crippen LogP contribution in [0.4, 0.5) is 0 Å². The van der Waals surface area contributed by atoms with Gasteiger partial charge in [-0.05, 0) is 0 Å². The molecule has 0 fully saturated rings. The molecule has 2 rings (SSSR count). The Labute approximate surface area is 188 Å². The molecular formula is C24H34OSn2. The zero-order chi connectivity index (χ0) is 20.1. The van der Waals surface area contributed by atoms with Crippen molar-refractivity contribution in [3.05, 3.63) is 58.7 Å². The monoisotopic (exact) mass is 578 g/mol. The van der Waals surface area contributed by atoms with E-state index in [2.05, 4.69) is 91.8 Å². The summed E-state index contributed by atoms with van der Waals surface area (Å²) in [4.78, 5) is 0. The molecule has 0 atom stereocenters. The number of hydrogen-bond donors (Lipinski definition) is 0. The molecule has 27 heavy (non-hydrogen) atoms. The average molecular weight is 576 g/mol. The molecule has 0 N–H and O–H groups in total. The molecule has 0 saturated carbocycles. The third-order valence-corrected chi connectivity index (χ3v) is 14.0. The molecule has 0 aliphatic carbocycles. The van der Waals surface area contributed by atoms with Gasteiger partial charge in [0.2, 0.25) is 0 Å². The number of rotatable bonds is 8. The van der Waals surface area contributed by atoms with Crippen LogP contribution in [0.3, 0.4) is 0 Å². The van der Waals surface area contributed by atoms with E-state index in [4.69, 9.17) is 1.41 Å². The van der Waals surface area contributed by atoms with Crippen LogP contribution in [0.15, 0.2) is 36.4 Å². The summed E-state index contributed by atoms with van der Waals surface area (Å²) in [7, 11) is 0. The Bertz CT molecular complexity index is 632. The predicted molar refractivity (Wildman–Crippen MR) is 121 cm³/mol. The van der Waals surface area contributed by atoms with E-state index >= 15 is 0 Å². The molecular weight excluding hydrogens is 542 g/mol. The fourth-order valence-electron chi connectivity index (χ4n) is 3.47. The molecule has 0 unspecified atom stereocenters. The van der Waals surface area contributed by atoms with E-state index in [1.807, 2.05) is 0 Å². The predicted octanol–water partition coefficient (Wildman–Crippen LogP) is 5.39. The maximum absolute atomic E-state index is 6.71. The van der Waals surface area contributed by atoms with Gasteiger partial charge in [-0.15, -0.1) is 0 Å². The van der Waals surface area contributed by atoms with Gasteiger partial charge in [0.15, 0.2) is 0 Å². The van der Waals surface area contributed by atoms with Crippen LogP contribution in [0.5, 0.6) is 0 Å². The van der Waals surface area contributed by atoms with Crippen LogP contribution >= 0.6 is 0 Å². The van der Waals surface area contributed by atoms with Gasteiger partial charge in [0.1, 0.15) is 0 Å². The van der Waals surface area contributed by atoms with Crippen molar-refractivity contribution >= 4 is 50.3 Å². The van der Waals surface area contributed by atoms with Crippen molar-refractivity contribution in [3.63, 3.8) is 0 Å². The summed E-state index contributed by atoms with van der Waals surface area (Å²) >= 11 is -2.07. The summed E-state index contributed by atoms with van der Waals surface area (Å²) < 4.78 is 9.90. The van der Waals surface area contributed by atoms with Gasteiger partial charge in [0.05, 0.1) is 0 Å². The molecule has 1 nitrogen and oxygen atoms in total. The van der Waals surface area contributed by atoms with Crippen molar-refractivity contribution in [3.8, 4) is 0 Å². The zero-order valence-corrected chi connectivity index (χ0v) is 23.9. The van der Waals surface area contributed by atoms with Gasteiger partial charge >= 0.3 is 189 Å². The van der Waals surface area contributed by atoms with E-state index < -0.39 is 43.1 Å². The van der Waals surface area contributed by atoms with E-state index in [1.165, 1.54) is 22.3 Å². The summed E-state index contributed by atoms with van der Waals surface area (Å²) in [5.74, 6) is 2.29. The number of hydrogen-bond acceptors (Lipinski definition) is 1. The molecule has 0 amide bonds. The normalized spacial score (nSPS) is 12.0. The summed E-state index contributed by atoms with van der Waals surface area (Å²) in [6.45, 7) is 18.5. The van der Waals surface area contributed by atoms with E-state index in [0.717, 1.165) is 0 Å². The van der Waals surface area contributed by atoms with Crippen molar-refractivity contribution in [1.29, 1.82) is 0 Å². The second kappa shape index (κ2) is 10.7. The molecule has 0 aromatic heterocycles. The maximum atomic E-state index is 6.71. The number of benzene rings is 2. The van der Waals surface area contributed by atoms with E-state index in [9.17, 15) is 0 Å². The fourth-order valence-corrected chi connectivity index (χ4v) is 14.7. The molecule has 144 valence electrons. The Hall–Kier alpha value is -0.00260. The van der Waals surface area contributed by atoms with E-state index in [-0.39, 0.29) is 0 Å². The van der Waals surface area contributed by atoms with E-state index in [1.54, 1.807) is 7.16 Å². The van der Waals surface area contributed by atoms with Gasteiger partial charge in [0.25, 0.3) is 0 Å². The molecule has 0 aliphatic rings. The van der Waals surface area contributed by atoms with Crippen molar-refractivity contribution in [2.45, 2.75) is 79.1 Å². The molecule has 0 bridgehead atoms. The second-order valence-electron chi connectivity index (χ2n) is 8.55. The molecule has 0 aliphatic heterocycles. The first kappa shape index (κ1) is 23.3. The first-order valence-corrected chi connectivity index (χ1v) is 15.4. The summed E-state index contributed by atoms with van der Waals surface area (Å²) in [5.41, 5.74) is 6.09. The van der Waals surface area contributed by atoms with E-state index in [0.29, 0.717) is 23.7 Å². The van der Waals surface area contributed by atoms with Gasteiger partial charge in [-0.25, -0.2) is 0 Å². The van der Waals surface area contributed by atoms with Crippen LogP contribution in [0.25, 0.3) is 0 Å². The molecule has 0 spiro atoms. The SMILES string of the molecule is CC(C)c1cccc(C(C)C)[c]1[Sn][O][Sn][c]1c(C(C)C)cccc1C(C)C. The third kappa shape index (κ3) is 5.99. The standard InChI is InChI=1S/2C12H17.O.2Sn/c2*1-9(2)11-6-5-7-12(8-11)10(3)4;;;/h2*5-7,9-10H,1-4H3;;;. The Kier molecular flexibility index (Phi) is 9.21. The minimum absolute atomic E-state index is 0.572. The quantitative estimate of drug-likeness (QED) is 0.384. The van der Waals surface area contributed by atoms with Crippen molar-refractivity contribution in [1.82, 2.24) is 0 Å². The Balaban J connectivity index is 2.30. The molecule has 3 heteroatoms. The van der Waals surface area contributed by atoms with Crippen LogP contribution in [0.1, 0.15) is 101 Å². The van der Waals surface area contributed by atoms with Gasteiger partial charge in [-0.2, -0.15) is 0 Å². The topological polar surface area (TPSA) is 9.23 Å². The van der Waals surface area contributed by atoms with Crippen molar-refractivity contribution in [2.75, 3.05) is 0 Å². The summed E-state index contributed by atoms with van der Waals surface area (Å²) in [6, 6.07) is 13.8.